The van der Waals surface area contributed by atoms with Crippen molar-refractivity contribution in [3.05, 3.63) is 59.2 Å². The minimum atomic E-state index is -0.745. The van der Waals surface area contributed by atoms with Gasteiger partial charge in [0.2, 0.25) is 0 Å². The van der Waals surface area contributed by atoms with Gasteiger partial charge in [-0.1, -0.05) is 0 Å². The van der Waals surface area contributed by atoms with Crippen molar-refractivity contribution in [1.29, 1.82) is 0 Å². The summed E-state index contributed by atoms with van der Waals surface area (Å²) in [6, 6.07) is 10.8. The molecule has 2 aliphatic heterocycles. The summed E-state index contributed by atoms with van der Waals surface area (Å²) in [7, 11) is 0. The van der Waals surface area contributed by atoms with Crippen LogP contribution in [-0.4, -0.2) is 67.1 Å². The fourth-order valence-corrected chi connectivity index (χ4v) is 4.14. The summed E-state index contributed by atoms with van der Waals surface area (Å²) < 4.78 is 16.2. The van der Waals surface area contributed by atoms with E-state index in [0.29, 0.717) is 31.1 Å². The van der Waals surface area contributed by atoms with E-state index < -0.39 is 24.4 Å². The monoisotopic (exact) mass is 466 g/mol. The van der Waals surface area contributed by atoms with Crippen molar-refractivity contribution in [3.63, 3.8) is 0 Å². The van der Waals surface area contributed by atoms with Crippen molar-refractivity contribution in [1.82, 2.24) is 4.90 Å². The fraction of sp³-hybridized carbons (Fsp3) is 0.360. The lowest BCUT2D eigenvalue weighted by Crippen LogP contribution is -2.49. The minimum absolute atomic E-state index is 0.0879. The molecule has 2 aromatic rings. The molecule has 4 rings (SSSR count). The lowest BCUT2D eigenvalue weighted by atomic mass is 10.1. The lowest BCUT2D eigenvalue weighted by Gasteiger charge is -2.35. The number of fused-ring (bicyclic) bond motifs is 1. The van der Waals surface area contributed by atoms with Gasteiger partial charge in [-0.15, -0.1) is 0 Å². The van der Waals surface area contributed by atoms with Gasteiger partial charge in [-0.2, -0.15) is 0 Å². The second-order valence-corrected chi connectivity index (χ2v) is 8.27. The summed E-state index contributed by atoms with van der Waals surface area (Å²) >= 11 is 0. The number of hydrogen-bond donors (Lipinski definition) is 0. The van der Waals surface area contributed by atoms with E-state index >= 15 is 0 Å². The molecule has 0 radical (unpaired) electrons. The van der Waals surface area contributed by atoms with Crippen molar-refractivity contribution in [2.24, 2.45) is 0 Å². The first-order valence-electron chi connectivity index (χ1n) is 11.1. The van der Waals surface area contributed by atoms with Gasteiger partial charge in [0, 0.05) is 13.1 Å². The number of carbonyl (C=O) groups is 4. The highest BCUT2D eigenvalue weighted by molar-refractivity contribution is 6.34. The van der Waals surface area contributed by atoms with Gasteiger partial charge < -0.3 is 19.1 Å². The van der Waals surface area contributed by atoms with E-state index in [0.717, 1.165) is 4.90 Å². The van der Waals surface area contributed by atoms with E-state index in [1.165, 1.54) is 18.2 Å². The molecule has 9 nitrogen and oxygen atoms in total. The van der Waals surface area contributed by atoms with Crippen molar-refractivity contribution >= 4 is 29.4 Å². The molecule has 34 heavy (non-hydrogen) atoms. The van der Waals surface area contributed by atoms with Crippen LogP contribution in [0.15, 0.2) is 42.5 Å². The Labute approximate surface area is 197 Å². The molecule has 0 aliphatic carbocycles. The molecular weight excluding hydrogens is 440 g/mol. The molecule has 3 amide bonds. The quantitative estimate of drug-likeness (QED) is 0.476. The average molecular weight is 466 g/mol. The smallest absolute Gasteiger partial charge is 0.338 e. The lowest BCUT2D eigenvalue weighted by molar-refractivity contribution is -0.146. The van der Waals surface area contributed by atoms with E-state index in [9.17, 15) is 19.2 Å². The van der Waals surface area contributed by atoms with Gasteiger partial charge in [0.25, 0.3) is 17.7 Å². The Kier molecular flexibility index (Phi) is 6.65. The van der Waals surface area contributed by atoms with Crippen LogP contribution >= 0.6 is 0 Å². The second kappa shape index (κ2) is 9.64. The highest BCUT2D eigenvalue weighted by atomic mass is 16.5. The Balaban J connectivity index is 1.44. The Hall–Kier alpha value is -3.72. The zero-order chi connectivity index (χ0) is 24.4. The van der Waals surface area contributed by atoms with Crippen molar-refractivity contribution in [3.8, 4) is 5.75 Å². The Morgan fingerprint density at radius 3 is 2.26 bits per heavy atom. The zero-order valence-corrected chi connectivity index (χ0v) is 19.3. The first kappa shape index (κ1) is 23.4. The van der Waals surface area contributed by atoms with Gasteiger partial charge in [0.1, 0.15) is 5.75 Å². The van der Waals surface area contributed by atoms with Crippen LogP contribution in [0.4, 0.5) is 5.69 Å². The number of ether oxygens (including phenoxy) is 3. The normalized spacial score (nSPS) is 19.7. The van der Waals surface area contributed by atoms with Gasteiger partial charge >= 0.3 is 5.97 Å². The summed E-state index contributed by atoms with van der Waals surface area (Å²) in [6.07, 6.45) is -0.191. The van der Waals surface area contributed by atoms with E-state index in [1.54, 1.807) is 29.2 Å². The summed E-state index contributed by atoms with van der Waals surface area (Å²) in [6.45, 7) is 6.56. The number of amides is 3. The topological polar surface area (TPSA) is 102 Å². The molecular formula is C25H26N2O7. The molecule has 0 bridgehead atoms. The van der Waals surface area contributed by atoms with E-state index in [-0.39, 0.29) is 34.8 Å². The molecule has 0 spiro atoms. The first-order chi connectivity index (χ1) is 16.3. The maximum absolute atomic E-state index is 13.0. The van der Waals surface area contributed by atoms with Gasteiger partial charge in [0.05, 0.1) is 41.2 Å². The third-order valence-electron chi connectivity index (χ3n) is 5.63. The molecule has 2 heterocycles. The number of rotatable bonds is 6. The number of carbonyl (C=O) groups excluding carboxylic acids is 4. The Morgan fingerprint density at radius 2 is 1.62 bits per heavy atom. The van der Waals surface area contributed by atoms with E-state index in [1.807, 2.05) is 20.8 Å². The molecule has 1 saturated heterocycles. The van der Waals surface area contributed by atoms with Gasteiger partial charge in [-0.3, -0.25) is 14.4 Å². The van der Waals surface area contributed by atoms with Crippen LogP contribution in [0.5, 0.6) is 5.75 Å². The highest BCUT2D eigenvalue weighted by Crippen LogP contribution is 2.30. The van der Waals surface area contributed by atoms with Gasteiger partial charge in [-0.25, -0.2) is 9.69 Å². The first-order valence-corrected chi connectivity index (χ1v) is 11.1. The number of esters is 1. The van der Waals surface area contributed by atoms with Crippen molar-refractivity contribution < 1.29 is 33.4 Å². The number of nitrogens with zero attached hydrogens (tertiary/aromatic N) is 2. The number of benzene rings is 2. The summed E-state index contributed by atoms with van der Waals surface area (Å²) in [5, 5.41) is 0. The largest absolute Gasteiger partial charge is 0.494 e. The fourth-order valence-electron chi connectivity index (χ4n) is 4.14. The SMILES string of the molecule is CCOc1ccc(N2C(=O)c3ccc(C(=O)OCC(=O)N4CC(C)OC(C)C4)cc3C2=O)cc1. The third-order valence-corrected chi connectivity index (χ3v) is 5.63. The van der Waals surface area contributed by atoms with Crippen LogP contribution in [0, 0.1) is 0 Å². The molecule has 9 heteroatoms. The van der Waals surface area contributed by atoms with E-state index in [4.69, 9.17) is 14.2 Å². The standard InChI is InChI=1S/C25H26N2O7/c1-4-32-19-8-6-18(7-9-19)27-23(29)20-10-5-17(11-21(20)24(27)30)25(31)33-14-22(28)26-12-15(2)34-16(3)13-26/h5-11,15-16H,4,12-14H2,1-3H3. The van der Waals surface area contributed by atoms with Crippen LogP contribution in [0.25, 0.3) is 0 Å². The molecule has 2 aromatic carbocycles. The van der Waals surface area contributed by atoms with Crippen molar-refractivity contribution in [2.45, 2.75) is 33.0 Å². The van der Waals surface area contributed by atoms with Crippen LogP contribution < -0.4 is 9.64 Å². The van der Waals surface area contributed by atoms with Crippen LogP contribution in [-0.2, 0) is 14.3 Å². The number of imide groups is 1. The van der Waals surface area contributed by atoms with Gasteiger partial charge in [0.15, 0.2) is 6.61 Å². The molecule has 1 fully saturated rings. The number of morpholine rings is 1. The predicted octanol–water partition coefficient (Wildman–Crippen LogP) is 2.68. The van der Waals surface area contributed by atoms with Crippen LogP contribution in [0.3, 0.4) is 0 Å². The van der Waals surface area contributed by atoms with Crippen LogP contribution in [0.1, 0.15) is 51.8 Å². The summed E-state index contributed by atoms with van der Waals surface area (Å²) in [5.41, 5.74) is 0.793. The maximum atomic E-state index is 13.0. The average Bonchev–Trinajstić information content (AvgIpc) is 3.07. The number of hydrogen-bond acceptors (Lipinski definition) is 7. The number of anilines is 1. The molecule has 0 aromatic heterocycles. The predicted molar refractivity (Wildman–Crippen MR) is 122 cm³/mol. The maximum Gasteiger partial charge on any atom is 0.338 e. The Morgan fingerprint density at radius 1 is 0.971 bits per heavy atom. The molecule has 2 aliphatic rings. The Bertz CT molecular complexity index is 1120. The molecule has 0 N–H and O–H groups in total. The van der Waals surface area contributed by atoms with E-state index in [2.05, 4.69) is 0 Å². The summed E-state index contributed by atoms with van der Waals surface area (Å²) in [5.74, 6) is -1.45. The zero-order valence-electron chi connectivity index (χ0n) is 19.3. The molecule has 2 unspecified atom stereocenters. The molecule has 178 valence electrons. The third kappa shape index (κ3) is 4.65. The minimum Gasteiger partial charge on any atom is -0.494 e. The van der Waals surface area contributed by atoms with Gasteiger partial charge in [-0.05, 0) is 63.2 Å². The summed E-state index contributed by atoms with van der Waals surface area (Å²) in [4.78, 5) is 53.5. The highest BCUT2D eigenvalue weighted by Gasteiger charge is 2.37. The molecule has 0 saturated carbocycles. The second-order valence-electron chi connectivity index (χ2n) is 8.27. The molecule has 2 atom stereocenters. The van der Waals surface area contributed by atoms with Crippen LogP contribution in [0.2, 0.25) is 0 Å². The van der Waals surface area contributed by atoms with Crippen molar-refractivity contribution in [2.75, 3.05) is 31.2 Å².